The second kappa shape index (κ2) is 6.61. The van der Waals surface area contributed by atoms with Crippen molar-refractivity contribution in [2.75, 3.05) is 5.32 Å². The standard InChI is InChI=1S/C22H19FN4O/c1-22(2)10-17-19(18(28)11-22)21(20(27-17)13-5-7-25-8-6-13)26-15-3-4-16(23)14(9-15)12-24/h3-9,26-27H,10-11H2,1-2H3. The van der Waals surface area contributed by atoms with Crippen molar-refractivity contribution in [2.45, 2.75) is 26.7 Å². The normalized spacial score (nSPS) is 15.0. The van der Waals surface area contributed by atoms with Crippen LogP contribution in [0, 0.1) is 22.6 Å². The lowest BCUT2D eigenvalue weighted by Gasteiger charge is -2.28. The van der Waals surface area contributed by atoms with Crippen LogP contribution < -0.4 is 5.32 Å². The third-order valence-corrected chi connectivity index (χ3v) is 4.98. The molecule has 0 amide bonds. The zero-order valence-corrected chi connectivity index (χ0v) is 15.6. The molecule has 2 N–H and O–H groups in total. The molecule has 0 bridgehead atoms. The van der Waals surface area contributed by atoms with Crippen LogP contribution >= 0.6 is 0 Å². The number of fused-ring (bicyclic) bond motifs is 1. The molecular formula is C22H19FN4O. The van der Waals surface area contributed by atoms with Crippen LogP contribution in [0.2, 0.25) is 0 Å². The van der Waals surface area contributed by atoms with Gasteiger partial charge in [0.25, 0.3) is 0 Å². The number of carbonyl (C=O) groups excluding carboxylic acids is 1. The van der Waals surface area contributed by atoms with Crippen LogP contribution in [0.5, 0.6) is 0 Å². The zero-order chi connectivity index (χ0) is 19.9. The molecular weight excluding hydrogens is 355 g/mol. The smallest absolute Gasteiger partial charge is 0.167 e. The van der Waals surface area contributed by atoms with Crippen molar-refractivity contribution in [3.05, 3.63) is 65.4 Å². The number of nitrogens with one attached hydrogen (secondary N) is 2. The highest BCUT2D eigenvalue weighted by Gasteiger charge is 2.35. The first-order valence-electron chi connectivity index (χ1n) is 9.03. The molecule has 6 heteroatoms. The molecule has 0 unspecified atom stereocenters. The number of hydrogen-bond donors (Lipinski definition) is 2. The SMILES string of the molecule is CC1(C)CC(=O)c2c([nH]c(-c3ccncc3)c2Nc2ccc(F)c(C#N)c2)C1. The van der Waals surface area contributed by atoms with Crippen LogP contribution in [0.4, 0.5) is 15.8 Å². The number of pyridine rings is 1. The summed E-state index contributed by atoms with van der Waals surface area (Å²) in [5.74, 6) is -0.510. The molecule has 0 fully saturated rings. The van der Waals surface area contributed by atoms with Crippen LogP contribution in [0.3, 0.4) is 0 Å². The van der Waals surface area contributed by atoms with Gasteiger partial charge in [-0.15, -0.1) is 0 Å². The lowest BCUT2D eigenvalue weighted by molar-refractivity contribution is 0.0912. The second-order valence-corrected chi connectivity index (χ2v) is 7.84. The summed E-state index contributed by atoms with van der Waals surface area (Å²) in [4.78, 5) is 20.4. The van der Waals surface area contributed by atoms with Crippen LogP contribution in [-0.4, -0.2) is 15.8 Å². The van der Waals surface area contributed by atoms with Crippen LogP contribution in [0.15, 0.2) is 42.7 Å². The molecule has 0 spiro atoms. The van der Waals surface area contributed by atoms with E-state index in [0.29, 0.717) is 23.4 Å². The molecule has 1 aliphatic carbocycles. The quantitative estimate of drug-likeness (QED) is 0.677. The van der Waals surface area contributed by atoms with E-state index in [1.807, 2.05) is 18.2 Å². The summed E-state index contributed by atoms with van der Waals surface area (Å²) in [6, 6.07) is 9.83. The Kier molecular flexibility index (Phi) is 4.23. The summed E-state index contributed by atoms with van der Waals surface area (Å²) >= 11 is 0. The van der Waals surface area contributed by atoms with Gasteiger partial charge in [0.05, 0.1) is 22.5 Å². The van der Waals surface area contributed by atoms with E-state index in [9.17, 15) is 9.18 Å². The minimum atomic E-state index is -0.573. The number of benzene rings is 1. The fraction of sp³-hybridized carbons (Fsp3) is 0.227. The first-order valence-corrected chi connectivity index (χ1v) is 9.03. The van der Waals surface area contributed by atoms with E-state index >= 15 is 0 Å². The molecule has 2 aromatic heterocycles. The third-order valence-electron chi connectivity index (χ3n) is 4.98. The molecule has 140 valence electrons. The van der Waals surface area contributed by atoms with E-state index < -0.39 is 5.82 Å². The molecule has 4 rings (SSSR count). The number of H-pyrrole nitrogens is 1. The fourth-order valence-electron chi connectivity index (χ4n) is 3.75. The first kappa shape index (κ1) is 17.9. The van der Waals surface area contributed by atoms with Crippen LogP contribution in [0.1, 0.15) is 41.9 Å². The minimum absolute atomic E-state index is 0.0488. The van der Waals surface area contributed by atoms with E-state index in [2.05, 4.69) is 29.1 Å². The fourth-order valence-corrected chi connectivity index (χ4v) is 3.75. The Morgan fingerprint density at radius 2 is 1.96 bits per heavy atom. The van der Waals surface area contributed by atoms with Gasteiger partial charge in [-0.05, 0) is 42.2 Å². The summed E-state index contributed by atoms with van der Waals surface area (Å²) in [5.41, 5.74) is 4.22. The number of hydrogen-bond acceptors (Lipinski definition) is 4. The topological polar surface area (TPSA) is 81.6 Å². The highest BCUT2D eigenvalue weighted by Crippen LogP contribution is 2.43. The minimum Gasteiger partial charge on any atom is -0.356 e. The van der Waals surface area contributed by atoms with Gasteiger partial charge in [-0.3, -0.25) is 9.78 Å². The summed E-state index contributed by atoms with van der Waals surface area (Å²) in [5, 5.41) is 12.4. The van der Waals surface area contributed by atoms with Gasteiger partial charge in [0, 0.05) is 35.8 Å². The number of aromatic nitrogens is 2. The van der Waals surface area contributed by atoms with Gasteiger partial charge in [0.2, 0.25) is 0 Å². The van der Waals surface area contributed by atoms with E-state index in [1.54, 1.807) is 18.5 Å². The number of nitrogens with zero attached hydrogens (tertiary/aromatic N) is 2. The molecule has 1 aliphatic rings. The predicted molar refractivity (Wildman–Crippen MR) is 105 cm³/mol. The average Bonchev–Trinajstić information content (AvgIpc) is 3.01. The third kappa shape index (κ3) is 3.16. The van der Waals surface area contributed by atoms with Crippen molar-refractivity contribution < 1.29 is 9.18 Å². The maximum Gasteiger partial charge on any atom is 0.167 e. The van der Waals surface area contributed by atoms with E-state index in [4.69, 9.17) is 5.26 Å². The monoisotopic (exact) mass is 374 g/mol. The predicted octanol–water partition coefficient (Wildman–Crippen LogP) is 4.99. The van der Waals surface area contributed by atoms with Gasteiger partial charge >= 0.3 is 0 Å². The first-order chi connectivity index (χ1) is 13.4. The van der Waals surface area contributed by atoms with Gasteiger partial charge in [-0.1, -0.05) is 13.8 Å². The maximum atomic E-state index is 13.7. The highest BCUT2D eigenvalue weighted by atomic mass is 19.1. The molecule has 1 aromatic carbocycles. The van der Waals surface area contributed by atoms with Crippen molar-refractivity contribution >= 4 is 17.2 Å². The number of aromatic amines is 1. The lowest BCUT2D eigenvalue weighted by Crippen LogP contribution is -2.26. The number of Topliss-reactive ketones (excluding diaryl/α,β-unsaturated/α-hetero) is 1. The molecule has 5 nitrogen and oxygen atoms in total. The van der Waals surface area contributed by atoms with Gasteiger partial charge < -0.3 is 10.3 Å². The summed E-state index contributed by atoms with van der Waals surface area (Å²) < 4.78 is 13.7. The Bertz CT molecular complexity index is 1110. The van der Waals surface area contributed by atoms with Crippen LogP contribution in [-0.2, 0) is 6.42 Å². The number of carbonyl (C=O) groups is 1. The van der Waals surface area contributed by atoms with Crippen molar-refractivity contribution in [3.63, 3.8) is 0 Å². The van der Waals surface area contributed by atoms with E-state index in [-0.39, 0.29) is 16.8 Å². The zero-order valence-electron chi connectivity index (χ0n) is 15.6. The molecule has 3 aromatic rings. The van der Waals surface area contributed by atoms with Crippen molar-refractivity contribution in [2.24, 2.45) is 5.41 Å². The molecule has 0 atom stereocenters. The van der Waals surface area contributed by atoms with Gasteiger partial charge in [0.1, 0.15) is 11.9 Å². The molecule has 0 saturated carbocycles. The van der Waals surface area contributed by atoms with Gasteiger partial charge in [0.15, 0.2) is 5.78 Å². The average molecular weight is 374 g/mol. The Balaban J connectivity index is 1.87. The van der Waals surface area contributed by atoms with Gasteiger partial charge in [-0.2, -0.15) is 5.26 Å². The molecule has 2 heterocycles. The van der Waals surface area contributed by atoms with Gasteiger partial charge in [-0.25, -0.2) is 4.39 Å². The summed E-state index contributed by atoms with van der Waals surface area (Å²) in [7, 11) is 0. The molecule has 0 aliphatic heterocycles. The molecule has 0 saturated heterocycles. The Morgan fingerprint density at radius 1 is 1.21 bits per heavy atom. The Morgan fingerprint density at radius 3 is 2.68 bits per heavy atom. The molecule has 0 radical (unpaired) electrons. The number of anilines is 2. The molecule has 28 heavy (non-hydrogen) atoms. The van der Waals surface area contributed by atoms with E-state index in [1.165, 1.54) is 12.1 Å². The summed E-state index contributed by atoms with van der Waals surface area (Å²) in [6.07, 6.45) is 4.59. The highest BCUT2D eigenvalue weighted by molar-refractivity contribution is 6.07. The largest absolute Gasteiger partial charge is 0.356 e. The Labute approximate surface area is 162 Å². The maximum absolute atomic E-state index is 13.7. The van der Waals surface area contributed by atoms with E-state index in [0.717, 1.165) is 23.4 Å². The van der Waals surface area contributed by atoms with Crippen molar-refractivity contribution in [1.82, 2.24) is 9.97 Å². The number of ketones is 1. The summed E-state index contributed by atoms with van der Waals surface area (Å²) in [6.45, 7) is 4.15. The van der Waals surface area contributed by atoms with Crippen molar-refractivity contribution in [1.29, 1.82) is 5.26 Å². The second-order valence-electron chi connectivity index (χ2n) is 7.84. The number of nitriles is 1. The number of rotatable bonds is 3. The Hall–Kier alpha value is -3.46. The van der Waals surface area contributed by atoms with Crippen molar-refractivity contribution in [3.8, 4) is 17.3 Å². The lowest BCUT2D eigenvalue weighted by atomic mass is 9.76. The number of halogens is 1. The van der Waals surface area contributed by atoms with Crippen LogP contribution in [0.25, 0.3) is 11.3 Å².